The molecule has 2 rings (SSSR count). The lowest BCUT2D eigenvalue weighted by Gasteiger charge is -2.06. The Kier molecular flexibility index (Phi) is 4.93. The quantitative estimate of drug-likeness (QED) is 0.841. The van der Waals surface area contributed by atoms with Crippen molar-refractivity contribution >= 4 is 46.8 Å². The molecule has 1 heterocycles. The van der Waals surface area contributed by atoms with E-state index in [-0.39, 0.29) is 0 Å². The third-order valence-corrected chi connectivity index (χ3v) is 3.82. The lowest BCUT2D eigenvalue weighted by molar-refractivity contribution is -0.131. The van der Waals surface area contributed by atoms with Gasteiger partial charge in [0.15, 0.2) is 0 Å². The van der Waals surface area contributed by atoms with Gasteiger partial charge in [0.25, 0.3) is 0 Å². The highest BCUT2D eigenvalue weighted by Crippen LogP contribution is 2.26. The minimum atomic E-state index is -1.04. The van der Waals surface area contributed by atoms with Crippen LogP contribution in [-0.2, 0) is 11.3 Å². The van der Waals surface area contributed by atoms with Crippen molar-refractivity contribution in [2.75, 3.05) is 0 Å². The van der Waals surface area contributed by atoms with Gasteiger partial charge in [-0.15, -0.1) is 0 Å². The second-order valence-electron chi connectivity index (χ2n) is 4.35. The minimum Gasteiger partial charge on any atom is -0.478 e. The Morgan fingerprint density at radius 1 is 1.38 bits per heavy atom. The minimum absolute atomic E-state index is 0.357. The predicted octanol–water partition coefficient (Wildman–Crippen LogP) is 4.30. The number of aromatic nitrogens is 2. The fraction of sp³-hybridized carbons (Fsp3) is 0.143. The summed E-state index contributed by atoms with van der Waals surface area (Å²) in [6.45, 7) is 2.13. The molecule has 7 heteroatoms. The highest BCUT2D eigenvalue weighted by atomic mass is 35.5. The first-order valence-electron chi connectivity index (χ1n) is 5.96. The van der Waals surface area contributed by atoms with Crippen LogP contribution in [0, 0.1) is 6.92 Å². The van der Waals surface area contributed by atoms with E-state index in [0.29, 0.717) is 33.0 Å². The van der Waals surface area contributed by atoms with Crippen molar-refractivity contribution in [2.24, 2.45) is 0 Å². The lowest BCUT2D eigenvalue weighted by Crippen LogP contribution is -2.02. The van der Waals surface area contributed by atoms with Crippen molar-refractivity contribution in [2.45, 2.75) is 13.5 Å². The van der Waals surface area contributed by atoms with Crippen molar-refractivity contribution in [3.8, 4) is 0 Å². The van der Waals surface area contributed by atoms with Gasteiger partial charge in [-0.3, -0.25) is 0 Å². The van der Waals surface area contributed by atoms with Gasteiger partial charge in [-0.2, -0.15) is 5.10 Å². The molecule has 1 N–H and O–H groups in total. The van der Waals surface area contributed by atoms with Crippen molar-refractivity contribution in [3.05, 3.63) is 56.3 Å². The monoisotopic (exact) mass is 344 g/mol. The molecule has 2 aromatic rings. The molecule has 0 atom stereocenters. The van der Waals surface area contributed by atoms with Crippen LogP contribution in [-0.4, -0.2) is 20.9 Å². The zero-order valence-corrected chi connectivity index (χ0v) is 13.2. The van der Waals surface area contributed by atoms with E-state index in [1.807, 2.05) is 0 Å². The second kappa shape index (κ2) is 6.52. The molecule has 1 aromatic carbocycles. The molecule has 0 fully saturated rings. The van der Waals surface area contributed by atoms with E-state index in [4.69, 9.17) is 39.9 Å². The molecule has 4 nitrogen and oxygen atoms in total. The number of hydrogen-bond acceptors (Lipinski definition) is 2. The van der Waals surface area contributed by atoms with Gasteiger partial charge in [0.05, 0.1) is 12.2 Å². The fourth-order valence-electron chi connectivity index (χ4n) is 1.83. The van der Waals surface area contributed by atoms with Crippen molar-refractivity contribution < 1.29 is 9.90 Å². The fourth-order valence-corrected chi connectivity index (χ4v) is 2.59. The molecule has 0 saturated heterocycles. The van der Waals surface area contributed by atoms with Gasteiger partial charge in [0.1, 0.15) is 5.15 Å². The standard InChI is InChI=1S/C14H11Cl3N2O2/c1-8-11(4-5-13(20)21)14(17)19(18-8)7-9-2-3-10(15)6-12(9)16/h2-6H,7H2,1H3,(H,20,21)/b5-4+. The van der Waals surface area contributed by atoms with Crippen molar-refractivity contribution in [1.29, 1.82) is 0 Å². The first-order chi connectivity index (χ1) is 9.88. The number of aryl methyl sites for hydroxylation is 1. The summed E-state index contributed by atoms with van der Waals surface area (Å²) in [7, 11) is 0. The zero-order valence-electron chi connectivity index (χ0n) is 11.0. The number of rotatable bonds is 4. The maximum absolute atomic E-state index is 10.6. The molecule has 110 valence electrons. The molecule has 0 saturated carbocycles. The third-order valence-electron chi connectivity index (χ3n) is 2.84. The Bertz CT molecular complexity index is 723. The summed E-state index contributed by atoms with van der Waals surface area (Å²) in [5.41, 5.74) is 2.03. The van der Waals surface area contributed by atoms with Gasteiger partial charge in [-0.1, -0.05) is 40.9 Å². The van der Waals surface area contributed by atoms with Gasteiger partial charge in [-0.05, 0) is 30.7 Å². The molecule has 0 radical (unpaired) electrons. The molecule has 0 aliphatic heterocycles. The van der Waals surface area contributed by atoms with Crippen LogP contribution in [0.15, 0.2) is 24.3 Å². The number of nitrogens with zero attached hydrogens (tertiary/aromatic N) is 2. The molecular formula is C14H11Cl3N2O2. The number of carboxylic acids is 1. The van der Waals surface area contributed by atoms with E-state index in [0.717, 1.165) is 11.6 Å². The van der Waals surface area contributed by atoms with Gasteiger partial charge in [-0.25, -0.2) is 9.48 Å². The smallest absolute Gasteiger partial charge is 0.328 e. The van der Waals surface area contributed by atoms with E-state index >= 15 is 0 Å². The van der Waals surface area contributed by atoms with Crippen LogP contribution >= 0.6 is 34.8 Å². The third kappa shape index (κ3) is 3.79. The molecule has 0 aliphatic rings. The molecule has 0 bridgehead atoms. The maximum Gasteiger partial charge on any atom is 0.328 e. The predicted molar refractivity (Wildman–Crippen MR) is 84.2 cm³/mol. The van der Waals surface area contributed by atoms with Crippen molar-refractivity contribution in [1.82, 2.24) is 9.78 Å². The molecule has 1 aromatic heterocycles. The molecule has 0 amide bonds. The Hall–Kier alpha value is -1.49. The largest absolute Gasteiger partial charge is 0.478 e. The summed E-state index contributed by atoms with van der Waals surface area (Å²) in [5, 5.41) is 14.4. The topological polar surface area (TPSA) is 55.1 Å². The maximum atomic E-state index is 10.6. The Morgan fingerprint density at radius 3 is 2.71 bits per heavy atom. The second-order valence-corrected chi connectivity index (χ2v) is 5.56. The number of benzene rings is 1. The first kappa shape index (κ1) is 15.9. The Balaban J connectivity index is 2.33. The molecular weight excluding hydrogens is 335 g/mol. The SMILES string of the molecule is Cc1nn(Cc2ccc(Cl)cc2Cl)c(Cl)c1/C=C/C(=O)O. The van der Waals surface area contributed by atoms with Crippen LogP contribution in [0.25, 0.3) is 6.08 Å². The lowest BCUT2D eigenvalue weighted by atomic mass is 10.2. The van der Waals surface area contributed by atoms with E-state index < -0.39 is 5.97 Å². The van der Waals surface area contributed by atoms with Crippen LogP contribution < -0.4 is 0 Å². The molecule has 0 spiro atoms. The summed E-state index contributed by atoms with van der Waals surface area (Å²) in [6, 6.07) is 5.18. The number of halogens is 3. The van der Waals surface area contributed by atoms with Gasteiger partial charge in [0, 0.05) is 21.7 Å². The summed E-state index contributed by atoms with van der Waals surface area (Å²) in [4.78, 5) is 10.6. The van der Waals surface area contributed by atoms with E-state index in [1.165, 1.54) is 6.08 Å². The van der Waals surface area contributed by atoms with Crippen molar-refractivity contribution in [3.63, 3.8) is 0 Å². The molecule has 21 heavy (non-hydrogen) atoms. The van der Waals surface area contributed by atoms with E-state index in [1.54, 1.807) is 29.8 Å². The summed E-state index contributed by atoms with van der Waals surface area (Å²) in [5.74, 6) is -1.04. The summed E-state index contributed by atoms with van der Waals surface area (Å²) in [6.07, 6.45) is 2.45. The number of aliphatic carboxylic acids is 1. The van der Waals surface area contributed by atoms with Gasteiger partial charge >= 0.3 is 5.97 Å². The average Bonchev–Trinajstić information content (AvgIpc) is 2.65. The van der Waals surface area contributed by atoms with E-state index in [9.17, 15) is 4.79 Å². The van der Waals surface area contributed by atoms with Crippen LogP contribution in [0.1, 0.15) is 16.8 Å². The first-order valence-corrected chi connectivity index (χ1v) is 7.09. The zero-order chi connectivity index (χ0) is 15.6. The van der Waals surface area contributed by atoms with Crippen LogP contribution in [0.2, 0.25) is 15.2 Å². The number of hydrogen-bond donors (Lipinski definition) is 1. The van der Waals surface area contributed by atoms with Gasteiger partial charge in [0.2, 0.25) is 0 Å². The Morgan fingerprint density at radius 2 is 2.10 bits per heavy atom. The average molecular weight is 346 g/mol. The van der Waals surface area contributed by atoms with Crippen LogP contribution in [0.5, 0.6) is 0 Å². The number of carboxylic acid groups (broad SMARTS) is 1. The van der Waals surface area contributed by atoms with E-state index in [2.05, 4.69) is 5.10 Å². The van der Waals surface area contributed by atoms with Gasteiger partial charge < -0.3 is 5.11 Å². The summed E-state index contributed by atoms with van der Waals surface area (Å²) >= 11 is 18.2. The normalized spacial score (nSPS) is 11.2. The van der Waals surface area contributed by atoms with Crippen LogP contribution in [0.3, 0.4) is 0 Å². The summed E-state index contributed by atoms with van der Waals surface area (Å²) < 4.78 is 1.56. The Labute approximate surface area is 136 Å². The number of carbonyl (C=O) groups is 1. The molecule has 0 aliphatic carbocycles. The van der Waals surface area contributed by atoms with Crippen LogP contribution in [0.4, 0.5) is 0 Å². The highest BCUT2D eigenvalue weighted by Gasteiger charge is 2.13. The highest BCUT2D eigenvalue weighted by molar-refractivity contribution is 6.35. The molecule has 0 unspecified atom stereocenters.